The van der Waals surface area contributed by atoms with Gasteiger partial charge >= 0.3 is 6.18 Å². The van der Waals surface area contributed by atoms with Gasteiger partial charge in [-0.15, -0.1) is 0 Å². The summed E-state index contributed by atoms with van der Waals surface area (Å²) in [5.41, 5.74) is -1.07. The Morgan fingerprint density at radius 1 is 1.24 bits per heavy atom. The topological polar surface area (TPSA) is 75.6 Å². The Morgan fingerprint density at radius 3 is 2.52 bits per heavy atom. The molecule has 25 heavy (non-hydrogen) atoms. The van der Waals surface area contributed by atoms with Crippen LogP contribution in [0, 0.1) is 5.92 Å². The third kappa shape index (κ3) is 6.42. The molecule has 0 amide bonds. The highest BCUT2D eigenvalue weighted by Gasteiger charge is 2.34. The van der Waals surface area contributed by atoms with E-state index in [1.165, 1.54) is 12.4 Å². The minimum absolute atomic E-state index is 0.0580. The Balaban J connectivity index is 2.23. The van der Waals surface area contributed by atoms with Gasteiger partial charge in [0, 0.05) is 25.0 Å². The van der Waals surface area contributed by atoms with Crippen molar-refractivity contribution in [1.82, 2.24) is 25.3 Å². The second kappa shape index (κ2) is 8.39. The molecule has 11 heteroatoms. The van der Waals surface area contributed by atoms with E-state index in [2.05, 4.69) is 30.6 Å². The molecule has 0 saturated heterocycles. The first-order valence-electron chi connectivity index (χ1n) is 7.20. The number of aromatic nitrogens is 4. The minimum Gasteiger partial charge on any atom is -0.362 e. The number of alkyl halides is 3. The zero-order valence-electron chi connectivity index (χ0n) is 13.3. The normalized spacial score (nSPS) is 11.4. The van der Waals surface area contributed by atoms with E-state index in [0.29, 0.717) is 12.5 Å². The van der Waals surface area contributed by atoms with E-state index < -0.39 is 11.9 Å². The van der Waals surface area contributed by atoms with Crippen LogP contribution < -0.4 is 10.6 Å². The lowest BCUT2D eigenvalue weighted by molar-refractivity contribution is -0.141. The van der Waals surface area contributed by atoms with Crippen molar-refractivity contribution in [1.29, 1.82) is 0 Å². The third-order valence-electron chi connectivity index (χ3n) is 2.63. The van der Waals surface area contributed by atoms with Crippen LogP contribution in [0.5, 0.6) is 0 Å². The highest BCUT2D eigenvalue weighted by atomic mass is 32.2. The summed E-state index contributed by atoms with van der Waals surface area (Å²) in [7, 11) is 0. The SMILES string of the molecule is CC(C)CNC(=S)Nc1nc(Sc2ncccn2)cc(C(F)(F)F)n1. The predicted octanol–water partition coefficient (Wildman–Crippen LogP) is 3.38. The summed E-state index contributed by atoms with van der Waals surface area (Å²) in [4.78, 5) is 15.4. The van der Waals surface area contributed by atoms with Crippen molar-refractivity contribution in [3.63, 3.8) is 0 Å². The van der Waals surface area contributed by atoms with Crippen molar-refractivity contribution < 1.29 is 13.2 Å². The number of thiocarbonyl (C=S) groups is 1. The van der Waals surface area contributed by atoms with Crippen molar-refractivity contribution in [2.75, 3.05) is 11.9 Å². The average Bonchev–Trinajstić information content (AvgIpc) is 2.53. The second-order valence-corrected chi connectivity index (χ2v) is 6.67. The van der Waals surface area contributed by atoms with Crippen molar-refractivity contribution in [2.45, 2.75) is 30.2 Å². The van der Waals surface area contributed by atoms with Crippen molar-refractivity contribution in [3.05, 3.63) is 30.2 Å². The number of rotatable bonds is 5. The molecule has 0 radical (unpaired) electrons. The smallest absolute Gasteiger partial charge is 0.362 e. The van der Waals surface area contributed by atoms with Gasteiger partial charge in [-0.2, -0.15) is 13.2 Å². The number of nitrogens with one attached hydrogen (secondary N) is 2. The van der Waals surface area contributed by atoms with E-state index in [1.54, 1.807) is 6.07 Å². The van der Waals surface area contributed by atoms with Crippen LogP contribution in [0.3, 0.4) is 0 Å². The molecule has 0 aliphatic carbocycles. The fraction of sp³-hybridized carbons (Fsp3) is 0.357. The molecular formula is C14H15F3N6S2. The summed E-state index contributed by atoms with van der Waals surface area (Å²) in [6.07, 6.45) is -1.63. The quantitative estimate of drug-likeness (QED) is 0.459. The largest absolute Gasteiger partial charge is 0.433 e. The first-order valence-corrected chi connectivity index (χ1v) is 8.42. The van der Waals surface area contributed by atoms with Crippen LogP contribution in [-0.4, -0.2) is 31.6 Å². The molecule has 0 spiro atoms. The van der Waals surface area contributed by atoms with Gasteiger partial charge in [0.2, 0.25) is 5.95 Å². The minimum atomic E-state index is -4.61. The van der Waals surface area contributed by atoms with Gasteiger partial charge in [-0.1, -0.05) is 13.8 Å². The number of halogens is 3. The molecule has 0 aliphatic rings. The molecule has 2 aromatic heterocycles. The van der Waals surface area contributed by atoms with Crippen molar-refractivity contribution >= 4 is 35.0 Å². The van der Waals surface area contributed by atoms with Crippen LogP contribution in [0.2, 0.25) is 0 Å². The maximum Gasteiger partial charge on any atom is 0.433 e. The molecule has 0 fully saturated rings. The molecule has 134 valence electrons. The van der Waals surface area contributed by atoms with Gasteiger partial charge in [0.15, 0.2) is 16.0 Å². The summed E-state index contributed by atoms with van der Waals surface area (Å²) in [6.45, 7) is 4.53. The second-order valence-electron chi connectivity index (χ2n) is 5.28. The zero-order chi connectivity index (χ0) is 18.4. The van der Waals surface area contributed by atoms with E-state index in [9.17, 15) is 13.2 Å². The van der Waals surface area contributed by atoms with Crippen LogP contribution in [0.1, 0.15) is 19.5 Å². The molecular weight excluding hydrogens is 373 g/mol. The van der Waals surface area contributed by atoms with Crippen molar-refractivity contribution in [2.24, 2.45) is 5.92 Å². The molecule has 6 nitrogen and oxygen atoms in total. The van der Waals surface area contributed by atoms with E-state index >= 15 is 0 Å². The fourth-order valence-electron chi connectivity index (χ4n) is 1.55. The van der Waals surface area contributed by atoms with Crippen LogP contribution in [0.25, 0.3) is 0 Å². The fourth-order valence-corrected chi connectivity index (χ4v) is 2.44. The van der Waals surface area contributed by atoms with E-state index in [0.717, 1.165) is 17.8 Å². The molecule has 2 aromatic rings. The molecule has 0 unspecified atom stereocenters. The summed E-state index contributed by atoms with van der Waals surface area (Å²) in [5, 5.41) is 5.95. The van der Waals surface area contributed by atoms with Crippen LogP contribution in [0.4, 0.5) is 19.1 Å². The Bertz CT molecular complexity index is 724. The van der Waals surface area contributed by atoms with Gasteiger partial charge in [-0.05, 0) is 36.0 Å². The van der Waals surface area contributed by atoms with Crippen LogP contribution in [-0.2, 0) is 6.18 Å². The number of hydrogen-bond donors (Lipinski definition) is 2. The number of anilines is 1. The molecule has 2 heterocycles. The van der Waals surface area contributed by atoms with Gasteiger partial charge in [0.25, 0.3) is 0 Å². The van der Waals surface area contributed by atoms with E-state index in [1.807, 2.05) is 13.8 Å². The first kappa shape index (κ1) is 19.3. The Morgan fingerprint density at radius 2 is 1.92 bits per heavy atom. The van der Waals surface area contributed by atoms with Crippen LogP contribution in [0.15, 0.2) is 34.7 Å². The molecule has 2 N–H and O–H groups in total. The van der Waals surface area contributed by atoms with Gasteiger partial charge in [0.05, 0.1) is 0 Å². The maximum absolute atomic E-state index is 13.1. The summed E-state index contributed by atoms with van der Waals surface area (Å²) >= 11 is 5.95. The molecule has 0 saturated carbocycles. The van der Waals surface area contributed by atoms with Crippen molar-refractivity contribution in [3.8, 4) is 0 Å². The van der Waals surface area contributed by atoms with E-state index in [4.69, 9.17) is 12.2 Å². The highest BCUT2D eigenvalue weighted by Crippen LogP contribution is 2.32. The molecule has 0 aromatic carbocycles. The third-order valence-corrected chi connectivity index (χ3v) is 3.69. The monoisotopic (exact) mass is 388 g/mol. The van der Waals surface area contributed by atoms with Gasteiger partial charge in [-0.25, -0.2) is 19.9 Å². The van der Waals surface area contributed by atoms with Gasteiger partial charge in [0.1, 0.15) is 5.03 Å². The van der Waals surface area contributed by atoms with Gasteiger partial charge < -0.3 is 10.6 Å². The zero-order valence-corrected chi connectivity index (χ0v) is 15.0. The molecule has 0 aliphatic heterocycles. The Hall–Kier alpha value is -2.01. The standard InChI is InChI=1S/C14H15F3N6S2/c1-8(2)7-20-12(24)23-11-21-9(14(15,16)17)6-10(22-11)25-13-18-4-3-5-19-13/h3-6,8H,7H2,1-2H3,(H2,20,21,22,23,24). The molecule has 0 bridgehead atoms. The summed E-state index contributed by atoms with van der Waals surface area (Å²) < 4.78 is 39.2. The molecule has 0 atom stereocenters. The Labute approximate surface area is 152 Å². The van der Waals surface area contributed by atoms with Gasteiger partial charge in [-0.3, -0.25) is 0 Å². The van der Waals surface area contributed by atoms with Crippen LogP contribution >= 0.6 is 24.0 Å². The average molecular weight is 388 g/mol. The number of hydrogen-bond acceptors (Lipinski definition) is 6. The lowest BCUT2D eigenvalue weighted by Gasteiger charge is -2.13. The number of nitrogens with zero attached hydrogens (tertiary/aromatic N) is 4. The predicted molar refractivity (Wildman–Crippen MR) is 92.3 cm³/mol. The lowest BCUT2D eigenvalue weighted by Crippen LogP contribution is -2.32. The maximum atomic E-state index is 13.1. The molecule has 2 rings (SSSR count). The first-order chi connectivity index (χ1) is 11.7. The Kier molecular flexibility index (Phi) is 6.48. The highest BCUT2D eigenvalue weighted by molar-refractivity contribution is 7.99. The summed E-state index contributed by atoms with van der Waals surface area (Å²) in [6, 6.07) is 2.45. The lowest BCUT2D eigenvalue weighted by atomic mass is 10.2. The van der Waals surface area contributed by atoms with E-state index in [-0.39, 0.29) is 21.2 Å². The summed E-state index contributed by atoms with van der Waals surface area (Å²) in [5.74, 6) is 0.0815.